The second-order valence-corrected chi connectivity index (χ2v) is 6.49. The summed E-state index contributed by atoms with van der Waals surface area (Å²) >= 11 is 0. The Labute approximate surface area is 148 Å². The summed E-state index contributed by atoms with van der Waals surface area (Å²) in [7, 11) is 0. The number of hydrogen-bond acceptors (Lipinski definition) is 4. The Kier molecular flexibility index (Phi) is 5.08. The molecule has 134 valence electrons. The largest absolute Gasteiger partial charge is 0.444 e. The standard InChI is InChI=1S/C19H26N4O2/c1-4-20-18(21-11-17-23-13(2)14(3)25-17)22-12-19(24)10-9-15-7-5-6-8-16(15)19/h5-8,24H,4,9-12H2,1-3H3,(H2,20,21,22). The molecule has 0 spiro atoms. The lowest BCUT2D eigenvalue weighted by Crippen LogP contribution is -2.45. The zero-order valence-electron chi connectivity index (χ0n) is 15.1. The summed E-state index contributed by atoms with van der Waals surface area (Å²) in [6.07, 6.45) is 1.62. The Morgan fingerprint density at radius 2 is 2.12 bits per heavy atom. The molecule has 0 radical (unpaired) electrons. The van der Waals surface area contributed by atoms with Crippen LogP contribution in [-0.2, 0) is 18.6 Å². The summed E-state index contributed by atoms with van der Waals surface area (Å²) in [6, 6.07) is 8.08. The predicted octanol–water partition coefficient (Wildman–Crippen LogP) is 2.18. The maximum absolute atomic E-state index is 11.0. The van der Waals surface area contributed by atoms with Gasteiger partial charge in [0.1, 0.15) is 17.9 Å². The van der Waals surface area contributed by atoms with Crippen molar-refractivity contribution in [1.82, 2.24) is 15.6 Å². The highest BCUT2D eigenvalue weighted by atomic mass is 16.4. The SMILES string of the molecule is CCNC(=NCc1nc(C)c(C)o1)NCC1(O)CCc2ccccc21. The van der Waals surface area contributed by atoms with E-state index in [1.807, 2.05) is 39.0 Å². The molecular weight excluding hydrogens is 316 g/mol. The van der Waals surface area contributed by atoms with Crippen molar-refractivity contribution in [2.24, 2.45) is 4.99 Å². The zero-order valence-corrected chi connectivity index (χ0v) is 15.1. The average Bonchev–Trinajstić information content (AvgIpc) is 3.11. The number of hydrogen-bond donors (Lipinski definition) is 3. The van der Waals surface area contributed by atoms with Crippen LogP contribution in [0.3, 0.4) is 0 Å². The molecule has 0 saturated heterocycles. The minimum Gasteiger partial charge on any atom is -0.444 e. The van der Waals surface area contributed by atoms with E-state index in [1.54, 1.807) is 0 Å². The van der Waals surface area contributed by atoms with Crippen molar-refractivity contribution >= 4 is 5.96 Å². The van der Waals surface area contributed by atoms with Crippen molar-refractivity contribution in [3.63, 3.8) is 0 Å². The number of benzene rings is 1. The van der Waals surface area contributed by atoms with Gasteiger partial charge in [0, 0.05) is 6.54 Å². The van der Waals surface area contributed by atoms with Crippen LogP contribution >= 0.6 is 0 Å². The fraction of sp³-hybridized carbons (Fsp3) is 0.474. The van der Waals surface area contributed by atoms with E-state index in [1.165, 1.54) is 5.56 Å². The first-order valence-corrected chi connectivity index (χ1v) is 8.77. The van der Waals surface area contributed by atoms with Gasteiger partial charge in [-0.15, -0.1) is 0 Å². The van der Waals surface area contributed by atoms with Crippen LogP contribution < -0.4 is 10.6 Å². The van der Waals surface area contributed by atoms with Gasteiger partial charge in [0.25, 0.3) is 0 Å². The molecule has 6 heteroatoms. The van der Waals surface area contributed by atoms with E-state index in [4.69, 9.17) is 4.42 Å². The molecule has 1 aromatic carbocycles. The van der Waals surface area contributed by atoms with Gasteiger partial charge in [0.05, 0.1) is 12.2 Å². The van der Waals surface area contributed by atoms with Gasteiger partial charge in [-0.05, 0) is 44.7 Å². The highest BCUT2D eigenvalue weighted by molar-refractivity contribution is 5.79. The van der Waals surface area contributed by atoms with E-state index >= 15 is 0 Å². The number of aromatic nitrogens is 1. The fourth-order valence-corrected chi connectivity index (χ4v) is 3.18. The van der Waals surface area contributed by atoms with Crippen LogP contribution in [0, 0.1) is 13.8 Å². The third-order valence-electron chi connectivity index (χ3n) is 4.66. The Balaban J connectivity index is 1.67. The Hall–Kier alpha value is -2.34. The minimum absolute atomic E-state index is 0.360. The first-order valence-electron chi connectivity index (χ1n) is 8.77. The van der Waals surface area contributed by atoms with Crippen LogP contribution in [-0.4, -0.2) is 29.1 Å². The third-order valence-corrected chi connectivity index (χ3v) is 4.66. The minimum atomic E-state index is -0.858. The summed E-state index contributed by atoms with van der Waals surface area (Å²) in [5, 5.41) is 17.5. The molecule has 0 aliphatic heterocycles. The van der Waals surface area contributed by atoms with Crippen LogP contribution in [0.1, 0.15) is 41.8 Å². The number of rotatable bonds is 5. The van der Waals surface area contributed by atoms with Crippen molar-refractivity contribution in [3.8, 4) is 0 Å². The van der Waals surface area contributed by atoms with Gasteiger partial charge in [0.2, 0.25) is 5.89 Å². The second-order valence-electron chi connectivity index (χ2n) is 6.49. The normalized spacial score (nSPS) is 19.8. The highest BCUT2D eigenvalue weighted by Gasteiger charge is 2.36. The van der Waals surface area contributed by atoms with Gasteiger partial charge >= 0.3 is 0 Å². The summed E-state index contributed by atoms with van der Waals surface area (Å²) < 4.78 is 5.56. The summed E-state index contributed by atoms with van der Waals surface area (Å²) in [5.74, 6) is 2.06. The van der Waals surface area contributed by atoms with Gasteiger partial charge in [-0.1, -0.05) is 24.3 Å². The van der Waals surface area contributed by atoms with Crippen molar-refractivity contribution in [3.05, 3.63) is 52.7 Å². The molecule has 0 saturated carbocycles. The van der Waals surface area contributed by atoms with E-state index in [0.717, 1.165) is 36.4 Å². The topological polar surface area (TPSA) is 82.7 Å². The number of aliphatic hydroxyl groups is 1. The second kappa shape index (κ2) is 7.27. The van der Waals surface area contributed by atoms with Crippen molar-refractivity contribution < 1.29 is 9.52 Å². The highest BCUT2D eigenvalue weighted by Crippen LogP contribution is 2.36. The average molecular weight is 342 g/mol. The summed E-state index contributed by atoms with van der Waals surface area (Å²) in [4.78, 5) is 8.86. The maximum Gasteiger partial charge on any atom is 0.216 e. The van der Waals surface area contributed by atoms with Crippen LogP contribution in [0.15, 0.2) is 33.7 Å². The molecule has 0 amide bonds. The van der Waals surface area contributed by atoms with Crippen LogP contribution in [0.2, 0.25) is 0 Å². The lowest BCUT2D eigenvalue weighted by Gasteiger charge is -2.25. The quantitative estimate of drug-likeness (QED) is 0.573. The molecule has 3 rings (SSSR count). The molecule has 1 heterocycles. The molecular formula is C19H26N4O2. The van der Waals surface area contributed by atoms with Gasteiger partial charge in [-0.2, -0.15) is 0 Å². The Morgan fingerprint density at radius 3 is 2.84 bits per heavy atom. The molecule has 3 N–H and O–H groups in total. The van der Waals surface area contributed by atoms with E-state index in [0.29, 0.717) is 24.9 Å². The molecule has 1 aliphatic rings. The molecule has 1 unspecified atom stereocenters. The third kappa shape index (κ3) is 3.85. The number of fused-ring (bicyclic) bond motifs is 1. The number of nitrogens with one attached hydrogen (secondary N) is 2. The Bertz CT molecular complexity index is 749. The van der Waals surface area contributed by atoms with Crippen LogP contribution in [0.25, 0.3) is 0 Å². The lowest BCUT2D eigenvalue weighted by atomic mass is 9.96. The van der Waals surface area contributed by atoms with Gasteiger partial charge in [0.15, 0.2) is 5.96 Å². The lowest BCUT2D eigenvalue weighted by molar-refractivity contribution is 0.0432. The molecule has 2 aromatic rings. The monoisotopic (exact) mass is 342 g/mol. The molecule has 1 atom stereocenters. The van der Waals surface area contributed by atoms with Gasteiger partial charge in [-0.25, -0.2) is 9.98 Å². The number of nitrogens with zero attached hydrogens (tertiary/aromatic N) is 2. The van der Waals surface area contributed by atoms with Crippen LogP contribution in [0.5, 0.6) is 0 Å². The number of guanidine groups is 1. The zero-order chi connectivity index (χ0) is 17.9. The molecule has 25 heavy (non-hydrogen) atoms. The summed E-state index contributed by atoms with van der Waals surface area (Å²) in [5.41, 5.74) is 2.26. The first kappa shape index (κ1) is 17.5. The van der Waals surface area contributed by atoms with Crippen LogP contribution in [0.4, 0.5) is 0 Å². The molecule has 0 fully saturated rings. The Morgan fingerprint density at radius 1 is 1.32 bits per heavy atom. The molecule has 6 nitrogen and oxygen atoms in total. The molecule has 0 bridgehead atoms. The van der Waals surface area contributed by atoms with Crippen molar-refractivity contribution in [2.75, 3.05) is 13.1 Å². The number of oxazole rings is 1. The van der Waals surface area contributed by atoms with E-state index < -0.39 is 5.60 Å². The van der Waals surface area contributed by atoms with E-state index in [9.17, 15) is 5.11 Å². The van der Waals surface area contributed by atoms with Crippen molar-refractivity contribution in [2.45, 2.75) is 45.8 Å². The van der Waals surface area contributed by atoms with Gasteiger partial charge in [-0.3, -0.25) is 0 Å². The molecule has 1 aromatic heterocycles. The van der Waals surface area contributed by atoms with E-state index in [-0.39, 0.29) is 0 Å². The summed E-state index contributed by atoms with van der Waals surface area (Å²) in [6.45, 7) is 7.34. The number of aliphatic imine (C=N–C) groups is 1. The maximum atomic E-state index is 11.0. The fourth-order valence-electron chi connectivity index (χ4n) is 3.18. The van der Waals surface area contributed by atoms with E-state index in [2.05, 4.69) is 26.7 Å². The first-order chi connectivity index (χ1) is 12.0. The number of aryl methyl sites for hydroxylation is 3. The predicted molar refractivity (Wildman–Crippen MR) is 97.5 cm³/mol. The smallest absolute Gasteiger partial charge is 0.216 e. The van der Waals surface area contributed by atoms with Gasteiger partial charge < -0.3 is 20.2 Å². The molecule has 1 aliphatic carbocycles. The van der Waals surface area contributed by atoms with Crippen molar-refractivity contribution in [1.29, 1.82) is 0 Å².